The first-order valence-electron chi connectivity index (χ1n) is 6.65. The number of hydrogen-bond acceptors (Lipinski definition) is 3. The highest BCUT2D eigenvalue weighted by atomic mass is 16.4. The van der Waals surface area contributed by atoms with E-state index >= 15 is 0 Å². The number of aliphatic carboxylic acids is 1. The predicted octanol–water partition coefficient (Wildman–Crippen LogP) is 0.993. The van der Waals surface area contributed by atoms with E-state index in [-0.39, 0.29) is 23.7 Å². The number of piperidine rings is 1. The number of hydrogen-bond donors (Lipinski definition) is 3. The lowest BCUT2D eigenvalue weighted by Crippen LogP contribution is -2.46. The number of carboxylic acids is 1. The number of nitrogens with one attached hydrogen (secondary N) is 2. The zero-order chi connectivity index (χ0) is 13.6. The molecular formula is C13H24N2O3. The van der Waals surface area contributed by atoms with Gasteiger partial charge in [-0.25, -0.2) is 0 Å². The quantitative estimate of drug-likeness (QED) is 0.662. The van der Waals surface area contributed by atoms with Gasteiger partial charge in [-0.15, -0.1) is 0 Å². The van der Waals surface area contributed by atoms with Crippen molar-refractivity contribution in [2.75, 3.05) is 19.6 Å². The zero-order valence-corrected chi connectivity index (χ0v) is 11.3. The molecule has 3 N–H and O–H groups in total. The van der Waals surface area contributed by atoms with E-state index in [0.717, 1.165) is 25.9 Å². The third-order valence-electron chi connectivity index (χ3n) is 3.72. The molecule has 0 saturated carbocycles. The molecule has 104 valence electrons. The van der Waals surface area contributed by atoms with Crippen LogP contribution in [0.1, 0.15) is 39.5 Å². The molecule has 1 fully saturated rings. The fourth-order valence-corrected chi connectivity index (χ4v) is 2.16. The van der Waals surface area contributed by atoms with Crippen LogP contribution in [0.3, 0.4) is 0 Å². The van der Waals surface area contributed by atoms with Crippen LogP contribution in [0.5, 0.6) is 0 Å². The van der Waals surface area contributed by atoms with E-state index in [1.54, 1.807) is 0 Å². The Hall–Kier alpha value is -1.10. The number of rotatable bonds is 6. The molecule has 1 atom stereocenters. The Bertz CT molecular complexity index is 299. The molecule has 0 aromatic carbocycles. The summed E-state index contributed by atoms with van der Waals surface area (Å²) >= 11 is 0. The maximum absolute atomic E-state index is 12.1. The van der Waals surface area contributed by atoms with Crippen LogP contribution in [0.25, 0.3) is 0 Å². The van der Waals surface area contributed by atoms with Crippen molar-refractivity contribution in [3.8, 4) is 0 Å². The van der Waals surface area contributed by atoms with Gasteiger partial charge in [0.1, 0.15) is 0 Å². The molecule has 0 aromatic rings. The van der Waals surface area contributed by atoms with Crippen LogP contribution in [-0.4, -0.2) is 36.6 Å². The molecule has 0 aliphatic carbocycles. The fourth-order valence-electron chi connectivity index (χ4n) is 2.16. The maximum Gasteiger partial charge on any atom is 0.303 e. The summed E-state index contributed by atoms with van der Waals surface area (Å²) in [5.74, 6) is -0.472. The minimum absolute atomic E-state index is 0.103. The van der Waals surface area contributed by atoms with E-state index in [1.165, 1.54) is 0 Å². The van der Waals surface area contributed by atoms with Crippen molar-refractivity contribution >= 4 is 11.9 Å². The second-order valence-corrected chi connectivity index (χ2v) is 5.56. The van der Waals surface area contributed by atoms with Crippen LogP contribution >= 0.6 is 0 Å². The summed E-state index contributed by atoms with van der Waals surface area (Å²) in [5.41, 5.74) is -0.266. The number of carboxylic acid groups (broad SMARTS) is 1. The van der Waals surface area contributed by atoms with Crippen LogP contribution in [0.15, 0.2) is 0 Å². The van der Waals surface area contributed by atoms with Crippen molar-refractivity contribution in [2.24, 2.45) is 11.3 Å². The van der Waals surface area contributed by atoms with Crippen LogP contribution in [0, 0.1) is 11.3 Å². The zero-order valence-electron chi connectivity index (χ0n) is 11.3. The summed E-state index contributed by atoms with van der Waals surface area (Å²) in [4.78, 5) is 22.6. The lowest BCUT2D eigenvalue weighted by atomic mass is 9.80. The Morgan fingerprint density at radius 1 is 1.39 bits per heavy atom. The highest BCUT2D eigenvalue weighted by Gasteiger charge is 2.34. The Balaban J connectivity index is 2.29. The van der Waals surface area contributed by atoms with Gasteiger partial charge in [0.15, 0.2) is 0 Å². The summed E-state index contributed by atoms with van der Waals surface area (Å²) < 4.78 is 0. The van der Waals surface area contributed by atoms with Crippen molar-refractivity contribution in [3.05, 3.63) is 0 Å². The lowest BCUT2D eigenvalue weighted by Gasteiger charge is -2.32. The molecule has 1 aliphatic heterocycles. The monoisotopic (exact) mass is 256 g/mol. The molecule has 1 unspecified atom stereocenters. The molecule has 1 amide bonds. The van der Waals surface area contributed by atoms with Crippen molar-refractivity contribution in [3.63, 3.8) is 0 Å². The molecule has 5 nitrogen and oxygen atoms in total. The fraction of sp³-hybridized carbons (Fsp3) is 0.846. The molecule has 5 heteroatoms. The largest absolute Gasteiger partial charge is 0.481 e. The summed E-state index contributed by atoms with van der Waals surface area (Å²) in [6.45, 7) is 6.31. The third kappa shape index (κ3) is 4.64. The number of amides is 1. The van der Waals surface area contributed by atoms with Gasteiger partial charge in [0.25, 0.3) is 0 Å². The topological polar surface area (TPSA) is 78.4 Å². The minimum Gasteiger partial charge on any atom is -0.481 e. The summed E-state index contributed by atoms with van der Waals surface area (Å²) in [6, 6.07) is 0. The van der Waals surface area contributed by atoms with Crippen molar-refractivity contribution in [2.45, 2.75) is 39.5 Å². The first-order valence-corrected chi connectivity index (χ1v) is 6.65. The molecule has 0 radical (unpaired) electrons. The molecule has 1 aliphatic rings. The van der Waals surface area contributed by atoms with Crippen LogP contribution in [0.4, 0.5) is 0 Å². The molecule has 0 aromatic heterocycles. The van der Waals surface area contributed by atoms with Gasteiger partial charge in [-0.05, 0) is 38.3 Å². The van der Waals surface area contributed by atoms with Crippen LogP contribution in [0.2, 0.25) is 0 Å². The first kappa shape index (κ1) is 15.0. The standard InChI is InChI=1S/C13H24N2O3/c1-10(3-4-11(16)17)9-15-12(18)13(2)5-7-14-8-6-13/h10,14H,3-9H2,1-2H3,(H,15,18)(H,16,17). The van der Waals surface area contributed by atoms with E-state index in [2.05, 4.69) is 10.6 Å². The Kier molecular flexibility index (Phi) is 5.59. The predicted molar refractivity (Wildman–Crippen MR) is 69.3 cm³/mol. The minimum atomic E-state index is -0.779. The van der Waals surface area contributed by atoms with E-state index in [0.29, 0.717) is 13.0 Å². The average Bonchev–Trinajstić information content (AvgIpc) is 2.34. The Morgan fingerprint density at radius 2 is 2.00 bits per heavy atom. The lowest BCUT2D eigenvalue weighted by molar-refractivity contribution is -0.137. The Labute approximate surface area is 108 Å². The molecule has 0 spiro atoms. The van der Waals surface area contributed by atoms with Crippen molar-refractivity contribution < 1.29 is 14.7 Å². The number of carbonyl (C=O) groups is 2. The molecule has 18 heavy (non-hydrogen) atoms. The van der Waals surface area contributed by atoms with Gasteiger partial charge < -0.3 is 15.7 Å². The van der Waals surface area contributed by atoms with Gasteiger partial charge in [-0.2, -0.15) is 0 Å². The highest BCUT2D eigenvalue weighted by Crippen LogP contribution is 2.27. The van der Waals surface area contributed by atoms with Gasteiger partial charge in [0.05, 0.1) is 0 Å². The van der Waals surface area contributed by atoms with Gasteiger partial charge in [0, 0.05) is 18.4 Å². The van der Waals surface area contributed by atoms with Crippen molar-refractivity contribution in [1.29, 1.82) is 0 Å². The normalized spacial score (nSPS) is 20.1. The molecule has 1 heterocycles. The average molecular weight is 256 g/mol. The number of carbonyl (C=O) groups excluding carboxylic acids is 1. The molecule has 0 bridgehead atoms. The second-order valence-electron chi connectivity index (χ2n) is 5.56. The van der Waals surface area contributed by atoms with E-state index in [9.17, 15) is 9.59 Å². The molecule has 1 saturated heterocycles. The van der Waals surface area contributed by atoms with Crippen LogP contribution < -0.4 is 10.6 Å². The molecular weight excluding hydrogens is 232 g/mol. The Morgan fingerprint density at radius 3 is 2.56 bits per heavy atom. The van der Waals surface area contributed by atoms with Crippen molar-refractivity contribution in [1.82, 2.24) is 10.6 Å². The maximum atomic E-state index is 12.1. The van der Waals surface area contributed by atoms with Gasteiger partial charge in [-0.1, -0.05) is 13.8 Å². The van der Waals surface area contributed by atoms with Gasteiger partial charge in [-0.3, -0.25) is 9.59 Å². The summed E-state index contributed by atoms with van der Waals surface area (Å²) in [6.07, 6.45) is 2.50. The van der Waals surface area contributed by atoms with E-state index < -0.39 is 5.97 Å². The van der Waals surface area contributed by atoms with E-state index in [4.69, 9.17) is 5.11 Å². The van der Waals surface area contributed by atoms with Gasteiger partial charge in [0.2, 0.25) is 5.91 Å². The molecule has 1 rings (SSSR count). The first-order chi connectivity index (χ1) is 8.44. The second kappa shape index (κ2) is 6.73. The van der Waals surface area contributed by atoms with Crippen LogP contribution in [-0.2, 0) is 9.59 Å². The SMILES string of the molecule is CC(CCC(=O)O)CNC(=O)C1(C)CCNCC1. The highest BCUT2D eigenvalue weighted by molar-refractivity contribution is 5.82. The third-order valence-corrected chi connectivity index (χ3v) is 3.72. The summed E-state index contributed by atoms with van der Waals surface area (Å²) in [7, 11) is 0. The summed E-state index contributed by atoms with van der Waals surface area (Å²) in [5, 5.41) is 14.8. The van der Waals surface area contributed by atoms with Gasteiger partial charge >= 0.3 is 5.97 Å². The van der Waals surface area contributed by atoms with E-state index in [1.807, 2.05) is 13.8 Å². The smallest absolute Gasteiger partial charge is 0.303 e.